The molecule has 1 spiro atoms. The van der Waals surface area contributed by atoms with Gasteiger partial charge in [-0.2, -0.15) is 0 Å². The molecule has 0 aromatic rings. The second-order valence-electron chi connectivity index (χ2n) is 6.50. The maximum absolute atomic E-state index is 9.76. The number of ether oxygens (including phenoxy) is 1. The lowest BCUT2D eigenvalue weighted by molar-refractivity contribution is -0.175. The molecule has 4 atom stereocenters. The van der Waals surface area contributed by atoms with Crippen molar-refractivity contribution in [3.8, 4) is 0 Å². The Balaban J connectivity index is 1.54. The van der Waals surface area contributed by atoms with Crippen LogP contribution in [0.3, 0.4) is 0 Å². The number of aliphatic hydroxyl groups is 1. The summed E-state index contributed by atoms with van der Waals surface area (Å²) in [6.07, 6.45) is 10.0. The molecule has 3 aliphatic rings. The summed E-state index contributed by atoms with van der Waals surface area (Å²) in [5.74, 6) is 0. The average Bonchev–Trinajstić information content (AvgIpc) is 2.25. The molecule has 104 valence electrons. The monoisotopic (exact) mass is 253 g/mol. The second-order valence-corrected chi connectivity index (χ2v) is 6.50. The van der Waals surface area contributed by atoms with Gasteiger partial charge in [0.1, 0.15) is 0 Å². The molecule has 0 aromatic carbocycles. The van der Waals surface area contributed by atoms with Gasteiger partial charge in [0.05, 0.1) is 12.2 Å². The van der Waals surface area contributed by atoms with Gasteiger partial charge in [0.15, 0.2) is 0 Å². The van der Waals surface area contributed by atoms with Gasteiger partial charge >= 0.3 is 0 Å². The fourth-order valence-corrected chi connectivity index (χ4v) is 4.27. The zero-order valence-electron chi connectivity index (χ0n) is 11.5. The maximum atomic E-state index is 9.76. The molecule has 0 aliphatic heterocycles. The van der Waals surface area contributed by atoms with E-state index in [0.717, 1.165) is 19.4 Å². The van der Waals surface area contributed by atoms with Crippen LogP contribution in [0.4, 0.5) is 0 Å². The van der Waals surface area contributed by atoms with Gasteiger partial charge in [-0.15, -0.1) is 0 Å². The van der Waals surface area contributed by atoms with E-state index in [4.69, 9.17) is 4.74 Å². The molecule has 0 heterocycles. The fourth-order valence-electron chi connectivity index (χ4n) is 4.27. The highest BCUT2D eigenvalue weighted by atomic mass is 16.5. The first-order valence-corrected chi connectivity index (χ1v) is 7.80. The van der Waals surface area contributed by atoms with Gasteiger partial charge in [0.25, 0.3) is 0 Å². The zero-order chi connectivity index (χ0) is 12.6. The van der Waals surface area contributed by atoms with Gasteiger partial charge in [0.2, 0.25) is 0 Å². The van der Waals surface area contributed by atoms with Crippen LogP contribution in [0.25, 0.3) is 0 Å². The van der Waals surface area contributed by atoms with Crippen molar-refractivity contribution in [3.05, 3.63) is 0 Å². The first-order valence-electron chi connectivity index (χ1n) is 7.80. The van der Waals surface area contributed by atoms with E-state index < -0.39 is 0 Å². The minimum Gasteiger partial charge on any atom is -0.393 e. The molecule has 18 heavy (non-hydrogen) atoms. The molecule has 3 aliphatic carbocycles. The number of aliphatic hydroxyl groups excluding tert-OH is 1. The predicted molar refractivity (Wildman–Crippen MR) is 71.5 cm³/mol. The number of hydrogen-bond acceptors (Lipinski definition) is 3. The average molecular weight is 253 g/mol. The lowest BCUT2D eigenvalue weighted by atomic mass is 9.51. The van der Waals surface area contributed by atoms with E-state index in [2.05, 4.69) is 12.2 Å². The molecule has 2 N–H and O–H groups in total. The van der Waals surface area contributed by atoms with Crippen LogP contribution < -0.4 is 5.32 Å². The normalized spacial score (nSPS) is 42.3. The summed E-state index contributed by atoms with van der Waals surface area (Å²) in [4.78, 5) is 0. The molecular weight excluding hydrogens is 226 g/mol. The van der Waals surface area contributed by atoms with Crippen LogP contribution in [0.1, 0.15) is 58.3 Å². The molecule has 0 amide bonds. The van der Waals surface area contributed by atoms with Crippen molar-refractivity contribution >= 4 is 0 Å². The third-order valence-electron chi connectivity index (χ3n) is 5.52. The molecule has 4 unspecified atom stereocenters. The largest absolute Gasteiger partial charge is 0.393 e. The first kappa shape index (κ1) is 12.9. The Hall–Kier alpha value is -0.120. The molecular formula is C15H27NO2. The first-order chi connectivity index (χ1) is 8.74. The summed E-state index contributed by atoms with van der Waals surface area (Å²) < 4.78 is 5.89. The topological polar surface area (TPSA) is 41.5 Å². The lowest BCUT2D eigenvalue weighted by Crippen LogP contribution is -2.68. The van der Waals surface area contributed by atoms with Crippen molar-refractivity contribution < 1.29 is 9.84 Å². The van der Waals surface area contributed by atoms with E-state index in [9.17, 15) is 5.11 Å². The Labute approximate surface area is 110 Å². The highest BCUT2D eigenvalue weighted by molar-refractivity contribution is 5.12. The third kappa shape index (κ3) is 2.10. The highest BCUT2D eigenvalue weighted by Gasteiger charge is 2.59. The maximum Gasteiger partial charge on any atom is 0.0661 e. The van der Waals surface area contributed by atoms with E-state index in [1.165, 1.54) is 38.5 Å². The molecule has 0 saturated heterocycles. The fraction of sp³-hybridized carbons (Fsp3) is 1.00. The van der Waals surface area contributed by atoms with E-state index in [0.29, 0.717) is 23.6 Å². The molecule has 3 rings (SSSR count). The van der Waals surface area contributed by atoms with Gasteiger partial charge in [-0.1, -0.05) is 6.42 Å². The van der Waals surface area contributed by atoms with Crippen LogP contribution in [0.15, 0.2) is 0 Å². The smallest absolute Gasteiger partial charge is 0.0661 e. The summed E-state index contributed by atoms with van der Waals surface area (Å²) in [5.41, 5.74) is 0.457. The van der Waals surface area contributed by atoms with Crippen molar-refractivity contribution in [2.45, 2.75) is 82.6 Å². The Morgan fingerprint density at radius 3 is 2.67 bits per heavy atom. The van der Waals surface area contributed by atoms with Crippen LogP contribution in [0.2, 0.25) is 0 Å². The van der Waals surface area contributed by atoms with Crippen LogP contribution in [-0.4, -0.2) is 36.0 Å². The summed E-state index contributed by atoms with van der Waals surface area (Å²) in [6, 6.07) is 1.19. The van der Waals surface area contributed by atoms with Gasteiger partial charge in [-0.3, -0.25) is 0 Å². The van der Waals surface area contributed by atoms with Crippen LogP contribution in [0, 0.1) is 5.41 Å². The Bertz CT molecular complexity index is 290. The van der Waals surface area contributed by atoms with Crippen LogP contribution >= 0.6 is 0 Å². The van der Waals surface area contributed by atoms with Crippen molar-refractivity contribution in [2.75, 3.05) is 6.61 Å². The quantitative estimate of drug-likeness (QED) is 0.807. The van der Waals surface area contributed by atoms with E-state index in [-0.39, 0.29) is 6.10 Å². The molecule has 3 saturated carbocycles. The summed E-state index contributed by atoms with van der Waals surface area (Å²) in [5, 5.41) is 13.6. The third-order valence-corrected chi connectivity index (χ3v) is 5.52. The highest BCUT2D eigenvalue weighted by Crippen LogP contribution is 2.57. The van der Waals surface area contributed by atoms with Gasteiger partial charge in [-0.05, 0) is 51.9 Å². The molecule has 0 radical (unpaired) electrons. The van der Waals surface area contributed by atoms with Crippen molar-refractivity contribution in [1.82, 2.24) is 5.32 Å². The van der Waals surface area contributed by atoms with Crippen molar-refractivity contribution in [3.63, 3.8) is 0 Å². The Kier molecular flexibility index (Phi) is 3.65. The summed E-state index contributed by atoms with van der Waals surface area (Å²) in [6.45, 7) is 2.95. The standard InChI is InChI=1S/C15H27NO2/c1-2-18-14-10-13(15(14)7-4-8-15)16-11-5-3-6-12(17)9-11/h11-14,16-17H,2-10H2,1H3. The number of hydrogen-bond donors (Lipinski definition) is 2. The van der Waals surface area contributed by atoms with E-state index in [1.54, 1.807) is 0 Å². The van der Waals surface area contributed by atoms with Gasteiger partial charge in [0, 0.05) is 24.1 Å². The van der Waals surface area contributed by atoms with Crippen molar-refractivity contribution in [2.24, 2.45) is 5.41 Å². The SMILES string of the molecule is CCOC1CC(NC2CCCC(O)C2)C12CCC2. The Morgan fingerprint density at radius 1 is 1.22 bits per heavy atom. The molecule has 0 aromatic heterocycles. The van der Waals surface area contributed by atoms with E-state index in [1.807, 2.05) is 0 Å². The second kappa shape index (κ2) is 5.10. The molecule has 3 fully saturated rings. The number of nitrogens with one attached hydrogen (secondary N) is 1. The summed E-state index contributed by atoms with van der Waals surface area (Å²) >= 11 is 0. The zero-order valence-corrected chi connectivity index (χ0v) is 11.5. The van der Waals surface area contributed by atoms with Crippen molar-refractivity contribution in [1.29, 1.82) is 0 Å². The number of rotatable bonds is 4. The van der Waals surface area contributed by atoms with E-state index >= 15 is 0 Å². The minimum absolute atomic E-state index is 0.0728. The minimum atomic E-state index is -0.0728. The molecule has 0 bridgehead atoms. The predicted octanol–water partition coefficient (Wildman–Crippen LogP) is 2.23. The van der Waals surface area contributed by atoms with Crippen LogP contribution in [-0.2, 0) is 4.74 Å². The lowest BCUT2D eigenvalue weighted by Gasteiger charge is -2.62. The van der Waals surface area contributed by atoms with Gasteiger partial charge in [-0.25, -0.2) is 0 Å². The van der Waals surface area contributed by atoms with Crippen LogP contribution in [0.5, 0.6) is 0 Å². The van der Waals surface area contributed by atoms with Gasteiger partial charge < -0.3 is 15.2 Å². The molecule has 3 nitrogen and oxygen atoms in total. The Morgan fingerprint density at radius 2 is 2.06 bits per heavy atom. The molecule has 3 heteroatoms. The summed E-state index contributed by atoms with van der Waals surface area (Å²) in [7, 11) is 0.